The third-order valence-corrected chi connectivity index (χ3v) is 1.84. The minimum atomic E-state index is -1.10. The van der Waals surface area contributed by atoms with Crippen molar-refractivity contribution >= 4 is 17.9 Å². The van der Waals surface area contributed by atoms with Crippen LogP contribution in [0.5, 0.6) is 0 Å². The standard InChI is InChI=1S/C9H18N4O4/c1-6(14)11-4-5-13-9(17)12-3-2-7(10)8(15)16/h7H,2-5,10H2,1H3,(H,11,14)(H,15,16)(H2,12,13,17). The Morgan fingerprint density at radius 3 is 2.18 bits per heavy atom. The molecule has 0 aromatic rings. The van der Waals surface area contributed by atoms with Crippen LogP contribution in [-0.2, 0) is 9.59 Å². The largest absolute Gasteiger partial charge is 0.480 e. The van der Waals surface area contributed by atoms with E-state index in [0.717, 1.165) is 0 Å². The summed E-state index contributed by atoms with van der Waals surface area (Å²) in [5.74, 6) is -1.27. The lowest BCUT2D eigenvalue weighted by Gasteiger charge is -2.09. The first-order valence-electron chi connectivity index (χ1n) is 5.18. The molecule has 0 aliphatic heterocycles. The van der Waals surface area contributed by atoms with Gasteiger partial charge >= 0.3 is 12.0 Å². The maximum absolute atomic E-state index is 11.1. The molecule has 1 atom stereocenters. The van der Waals surface area contributed by atoms with Gasteiger partial charge in [-0.15, -0.1) is 0 Å². The third-order valence-electron chi connectivity index (χ3n) is 1.84. The molecule has 1 unspecified atom stereocenters. The Balaban J connectivity index is 3.47. The molecule has 0 rings (SSSR count). The van der Waals surface area contributed by atoms with Gasteiger partial charge in [-0.05, 0) is 6.42 Å². The molecule has 0 spiro atoms. The molecular formula is C9H18N4O4. The van der Waals surface area contributed by atoms with Gasteiger partial charge in [-0.3, -0.25) is 9.59 Å². The summed E-state index contributed by atoms with van der Waals surface area (Å²) in [5, 5.41) is 15.9. The molecule has 0 saturated carbocycles. The zero-order valence-electron chi connectivity index (χ0n) is 9.66. The van der Waals surface area contributed by atoms with Crippen molar-refractivity contribution < 1.29 is 19.5 Å². The summed E-state index contributed by atoms with van der Waals surface area (Å²) >= 11 is 0. The van der Waals surface area contributed by atoms with Crippen molar-refractivity contribution in [2.45, 2.75) is 19.4 Å². The highest BCUT2D eigenvalue weighted by Crippen LogP contribution is 1.85. The maximum Gasteiger partial charge on any atom is 0.320 e. The second-order valence-electron chi connectivity index (χ2n) is 3.40. The highest BCUT2D eigenvalue weighted by Gasteiger charge is 2.10. The minimum Gasteiger partial charge on any atom is -0.480 e. The summed E-state index contributed by atoms with van der Waals surface area (Å²) in [6.45, 7) is 2.21. The average molecular weight is 246 g/mol. The summed E-state index contributed by atoms with van der Waals surface area (Å²) in [5.41, 5.74) is 5.24. The highest BCUT2D eigenvalue weighted by atomic mass is 16.4. The number of carboxylic acids is 1. The Morgan fingerprint density at radius 1 is 1.12 bits per heavy atom. The van der Waals surface area contributed by atoms with Crippen LogP contribution in [0.15, 0.2) is 0 Å². The van der Waals surface area contributed by atoms with Crippen LogP contribution in [0.2, 0.25) is 0 Å². The molecule has 0 aliphatic rings. The molecule has 0 bridgehead atoms. The number of amides is 3. The number of hydrogen-bond acceptors (Lipinski definition) is 4. The number of nitrogens with one attached hydrogen (secondary N) is 3. The van der Waals surface area contributed by atoms with Crippen molar-refractivity contribution in [2.24, 2.45) is 5.73 Å². The Hall–Kier alpha value is -1.83. The number of aliphatic carboxylic acids is 1. The highest BCUT2D eigenvalue weighted by molar-refractivity contribution is 5.75. The second-order valence-corrected chi connectivity index (χ2v) is 3.40. The molecule has 3 amide bonds. The Labute approximate surface area is 98.9 Å². The Kier molecular flexibility index (Phi) is 7.44. The molecule has 8 nitrogen and oxygen atoms in total. The predicted octanol–water partition coefficient (Wildman–Crippen LogP) is -1.78. The van der Waals surface area contributed by atoms with Crippen LogP contribution < -0.4 is 21.7 Å². The number of hydrogen-bond donors (Lipinski definition) is 5. The summed E-state index contributed by atoms with van der Waals surface area (Å²) < 4.78 is 0. The fraction of sp³-hybridized carbons (Fsp3) is 0.667. The van der Waals surface area contributed by atoms with Gasteiger partial charge in [-0.1, -0.05) is 0 Å². The first-order valence-corrected chi connectivity index (χ1v) is 5.18. The van der Waals surface area contributed by atoms with Gasteiger partial charge in [0.1, 0.15) is 6.04 Å². The lowest BCUT2D eigenvalue weighted by molar-refractivity contribution is -0.138. The van der Waals surface area contributed by atoms with E-state index in [2.05, 4.69) is 16.0 Å². The molecule has 6 N–H and O–H groups in total. The van der Waals surface area contributed by atoms with Gasteiger partial charge in [0.2, 0.25) is 5.91 Å². The maximum atomic E-state index is 11.1. The van der Waals surface area contributed by atoms with Crippen LogP contribution in [0.4, 0.5) is 4.79 Å². The predicted molar refractivity (Wildman–Crippen MR) is 60.3 cm³/mol. The molecule has 98 valence electrons. The van der Waals surface area contributed by atoms with Crippen molar-refractivity contribution in [1.82, 2.24) is 16.0 Å². The van der Waals surface area contributed by atoms with Crippen LogP contribution >= 0.6 is 0 Å². The summed E-state index contributed by atoms with van der Waals surface area (Å²) in [7, 11) is 0. The van der Waals surface area contributed by atoms with Gasteiger partial charge in [0, 0.05) is 26.6 Å². The number of carbonyl (C=O) groups excluding carboxylic acids is 2. The molecular weight excluding hydrogens is 228 g/mol. The van der Waals surface area contributed by atoms with Crippen LogP contribution in [0, 0.1) is 0 Å². The van der Waals surface area contributed by atoms with Crippen LogP contribution in [0.25, 0.3) is 0 Å². The number of nitrogens with two attached hydrogens (primary N) is 1. The molecule has 0 saturated heterocycles. The quantitative estimate of drug-likeness (QED) is 0.339. The average Bonchev–Trinajstić information content (AvgIpc) is 2.23. The second kappa shape index (κ2) is 8.34. The normalized spacial score (nSPS) is 11.4. The van der Waals surface area contributed by atoms with E-state index in [1.165, 1.54) is 6.92 Å². The van der Waals surface area contributed by atoms with Gasteiger partial charge in [0.25, 0.3) is 0 Å². The van der Waals surface area contributed by atoms with Gasteiger partial charge in [0.15, 0.2) is 0 Å². The number of carbonyl (C=O) groups is 3. The molecule has 0 aromatic heterocycles. The molecule has 8 heteroatoms. The molecule has 0 radical (unpaired) electrons. The van der Waals surface area contributed by atoms with E-state index in [4.69, 9.17) is 10.8 Å². The first kappa shape index (κ1) is 15.2. The van der Waals surface area contributed by atoms with E-state index >= 15 is 0 Å². The monoisotopic (exact) mass is 246 g/mol. The van der Waals surface area contributed by atoms with Crippen LogP contribution in [0.3, 0.4) is 0 Å². The van der Waals surface area contributed by atoms with Crippen molar-refractivity contribution in [3.05, 3.63) is 0 Å². The van der Waals surface area contributed by atoms with Crippen molar-refractivity contribution in [2.75, 3.05) is 19.6 Å². The summed E-state index contributed by atoms with van der Waals surface area (Å²) in [6, 6.07) is -1.40. The van der Waals surface area contributed by atoms with Crippen LogP contribution in [-0.4, -0.2) is 48.7 Å². The molecule has 0 aliphatic carbocycles. The number of rotatable bonds is 7. The van der Waals surface area contributed by atoms with E-state index in [1.54, 1.807) is 0 Å². The topological polar surface area (TPSA) is 134 Å². The number of urea groups is 1. The fourth-order valence-electron chi connectivity index (χ4n) is 0.942. The van der Waals surface area contributed by atoms with E-state index in [1.807, 2.05) is 0 Å². The van der Waals surface area contributed by atoms with Crippen molar-refractivity contribution in [1.29, 1.82) is 0 Å². The van der Waals surface area contributed by atoms with Gasteiger partial charge in [-0.2, -0.15) is 0 Å². The molecule has 0 aromatic carbocycles. The SMILES string of the molecule is CC(=O)NCCNC(=O)NCCC(N)C(=O)O. The molecule has 0 heterocycles. The fourth-order valence-corrected chi connectivity index (χ4v) is 0.942. The molecule has 17 heavy (non-hydrogen) atoms. The number of carboxylic acid groups (broad SMARTS) is 1. The lowest BCUT2D eigenvalue weighted by Crippen LogP contribution is -2.42. The van der Waals surface area contributed by atoms with Crippen molar-refractivity contribution in [3.63, 3.8) is 0 Å². The van der Waals surface area contributed by atoms with Gasteiger partial charge < -0.3 is 26.8 Å². The van der Waals surface area contributed by atoms with E-state index in [9.17, 15) is 14.4 Å². The Morgan fingerprint density at radius 2 is 1.65 bits per heavy atom. The van der Waals surface area contributed by atoms with E-state index in [0.29, 0.717) is 13.1 Å². The smallest absolute Gasteiger partial charge is 0.320 e. The van der Waals surface area contributed by atoms with Gasteiger partial charge in [-0.25, -0.2) is 4.79 Å². The van der Waals surface area contributed by atoms with Crippen molar-refractivity contribution in [3.8, 4) is 0 Å². The van der Waals surface area contributed by atoms with Gasteiger partial charge in [0.05, 0.1) is 0 Å². The Bertz CT molecular complexity index is 282. The van der Waals surface area contributed by atoms with E-state index < -0.39 is 18.0 Å². The summed E-state index contributed by atoms with van der Waals surface area (Å²) in [6.07, 6.45) is 0.161. The molecule has 0 fully saturated rings. The van der Waals surface area contributed by atoms with E-state index in [-0.39, 0.29) is 18.9 Å². The first-order chi connectivity index (χ1) is 7.93. The third kappa shape index (κ3) is 9.12. The zero-order chi connectivity index (χ0) is 13.3. The zero-order valence-corrected chi connectivity index (χ0v) is 9.66. The van der Waals surface area contributed by atoms with Crippen LogP contribution in [0.1, 0.15) is 13.3 Å². The summed E-state index contributed by atoms with van der Waals surface area (Å²) in [4.78, 5) is 32.0. The minimum absolute atomic E-state index is 0.161. The lowest BCUT2D eigenvalue weighted by atomic mass is 10.2.